The second-order valence-corrected chi connectivity index (χ2v) is 4.37. The molecule has 0 aliphatic heterocycles. The summed E-state index contributed by atoms with van der Waals surface area (Å²) in [5.41, 5.74) is 7.37. The Labute approximate surface area is 93.8 Å². The Morgan fingerprint density at radius 3 is 2.81 bits per heavy atom. The number of aromatic nitrogens is 1. The maximum Gasteiger partial charge on any atom is 0.290 e. The zero-order chi connectivity index (χ0) is 11.7. The molecule has 1 saturated carbocycles. The predicted molar refractivity (Wildman–Crippen MR) is 60.0 cm³/mol. The SMILES string of the molecule is Cc1nc(CC(N)C2CC2)ccc1[N+](=O)[O-]. The molecule has 0 aromatic carbocycles. The van der Waals surface area contributed by atoms with Crippen LogP contribution in [-0.4, -0.2) is 15.9 Å². The number of rotatable bonds is 4. The second kappa shape index (κ2) is 4.17. The molecule has 1 unspecified atom stereocenters. The van der Waals surface area contributed by atoms with Crippen molar-refractivity contribution in [1.82, 2.24) is 4.98 Å². The Morgan fingerprint density at radius 1 is 1.62 bits per heavy atom. The normalized spacial score (nSPS) is 17.1. The maximum atomic E-state index is 10.6. The second-order valence-electron chi connectivity index (χ2n) is 4.37. The predicted octanol–water partition coefficient (Wildman–Crippen LogP) is 1.58. The van der Waals surface area contributed by atoms with E-state index < -0.39 is 4.92 Å². The minimum absolute atomic E-state index is 0.0729. The van der Waals surface area contributed by atoms with Crippen LogP contribution >= 0.6 is 0 Å². The summed E-state index contributed by atoms with van der Waals surface area (Å²) in [4.78, 5) is 14.4. The van der Waals surface area contributed by atoms with Gasteiger partial charge in [-0.25, -0.2) is 0 Å². The molecule has 16 heavy (non-hydrogen) atoms. The van der Waals surface area contributed by atoms with E-state index in [0.717, 1.165) is 5.69 Å². The van der Waals surface area contributed by atoms with Crippen molar-refractivity contribution >= 4 is 5.69 Å². The third kappa shape index (κ3) is 2.36. The van der Waals surface area contributed by atoms with E-state index in [1.165, 1.54) is 18.9 Å². The van der Waals surface area contributed by atoms with E-state index in [1.54, 1.807) is 13.0 Å². The van der Waals surface area contributed by atoms with Crippen molar-refractivity contribution in [2.45, 2.75) is 32.2 Å². The van der Waals surface area contributed by atoms with Crippen molar-refractivity contribution in [3.05, 3.63) is 33.6 Å². The fraction of sp³-hybridized carbons (Fsp3) is 0.545. The van der Waals surface area contributed by atoms with Gasteiger partial charge < -0.3 is 5.73 Å². The van der Waals surface area contributed by atoms with Gasteiger partial charge in [0.15, 0.2) is 0 Å². The third-order valence-electron chi connectivity index (χ3n) is 2.98. The van der Waals surface area contributed by atoms with Crippen molar-refractivity contribution < 1.29 is 4.92 Å². The van der Waals surface area contributed by atoms with Crippen molar-refractivity contribution in [2.75, 3.05) is 0 Å². The fourth-order valence-corrected chi connectivity index (χ4v) is 1.84. The lowest BCUT2D eigenvalue weighted by molar-refractivity contribution is -0.385. The average Bonchev–Trinajstić information content (AvgIpc) is 2.99. The van der Waals surface area contributed by atoms with Gasteiger partial charge in [-0.2, -0.15) is 0 Å². The summed E-state index contributed by atoms with van der Waals surface area (Å²) >= 11 is 0. The molecule has 1 aliphatic rings. The van der Waals surface area contributed by atoms with E-state index in [1.807, 2.05) is 0 Å². The first-order chi connectivity index (χ1) is 7.58. The summed E-state index contributed by atoms with van der Waals surface area (Å²) in [6, 6.07) is 3.36. The zero-order valence-electron chi connectivity index (χ0n) is 9.22. The van der Waals surface area contributed by atoms with Crippen LogP contribution in [0.3, 0.4) is 0 Å². The molecule has 0 radical (unpaired) electrons. The molecular formula is C11H15N3O2. The summed E-state index contributed by atoms with van der Waals surface area (Å²) in [7, 11) is 0. The van der Waals surface area contributed by atoms with Crippen molar-refractivity contribution in [3.63, 3.8) is 0 Å². The van der Waals surface area contributed by atoms with Gasteiger partial charge in [0.25, 0.3) is 5.69 Å². The summed E-state index contributed by atoms with van der Waals surface area (Å²) in [6.07, 6.45) is 3.11. The number of pyridine rings is 1. The molecule has 1 heterocycles. The van der Waals surface area contributed by atoms with Gasteiger partial charge in [-0.3, -0.25) is 15.1 Å². The van der Waals surface area contributed by atoms with Crippen LogP contribution in [0.2, 0.25) is 0 Å². The van der Waals surface area contributed by atoms with E-state index in [4.69, 9.17) is 5.73 Å². The highest BCUT2D eigenvalue weighted by Gasteiger charge is 2.28. The first kappa shape index (κ1) is 11.0. The van der Waals surface area contributed by atoms with Crippen LogP contribution in [0, 0.1) is 23.0 Å². The van der Waals surface area contributed by atoms with Crippen molar-refractivity contribution in [1.29, 1.82) is 0 Å². The molecule has 1 aromatic heterocycles. The minimum atomic E-state index is -0.410. The summed E-state index contributed by atoms with van der Waals surface area (Å²) < 4.78 is 0. The van der Waals surface area contributed by atoms with Gasteiger partial charge in [0.05, 0.1) is 4.92 Å². The van der Waals surface area contributed by atoms with E-state index >= 15 is 0 Å². The molecule has 86 valence electrons. The summed E-state index contributed by atoms with van der Waals surface area (Å²) in [6.45, 7) is 1.66. The Hall–Kier alpha value is -1.49. The van der Waals surface area contributed by atoms with Crippen LogP contribution in [0.1, 0.15) is 24.2 Å². The molecule has 0 saturated heterocycles. The first-order valence-corrected chi connectivity index (χ1v) is 5.44. The highest BCUT2D eigenvalue weighted by Crippen LogP contribution is 2.32. The number of nitrogens with two attached hydrogens (primary N) is 1. The number of nitrogens with zero attached hydrogens (tertiary/aromatic N) is 2. The zero-order valence-corrected chi connectivity index (χ0v) is 9.22. The minimum Gasteiger partial charge on any atom is -0.327 e. The summed E-state index contributed by atoms with van der Waals surface area (Å²) in [5.74, 6) is 0.622. The monoisotopic (exact) mass is 221 g/mol. The lowest BCUT2D eigenvalue weighted by Crippen LogP contribution is -2.25. The fourth-order valence-electron chi connectivity index (χ4n) is 1.84. The van der Waals surface area contributed by atoms with Gasteiger partial charge in [0, 0.05) is 24.2 Å². The van der Waals surface area contributed by atoms with E-state index in [0.29, 0.717) is 18.0 Å². The lowest BCUT2D eigenvalue weighted by Gasteiger charge is -2.09. The van der Waals surface area contributed by atoms with Crippen LogP contribution in [-0.2, 0) is 6.42 Å². The Kier molecular flexibility index (Phi) is 2.87. The van der Waals surface area contributed by atoms with Crippen LogP contribution in [0.4, 0.5) is 5.69 Å². The molecule has 0 bridgehead atoms. The molecule has 2 rings (SSSR count). The number of nitro groups is 1. The Balaban J connectivity index is 2.10. The largest absolute Gasteiger partial charge is 0.327 e. The van der Waals surface area contributed by atoms with Gasteiger partial charge in [0.1, 0.15) is 5.69 Å². The Morgan fingerprint density at radius 2 is 2.31 bits per heavy atom. The molecule has 1 aromatic rings. The van der Waals surface area contributed by atoms with Crippen LogP contribution in [0.5, 0.6) is 0 Å². The summed E-state index contributed by atoms with van der Waals surface area (Å²) in [5, 5.41) is 10.6. The first-order valence-electron chi connectivity index (χ1n) is 5.44. The highest BCUT2D eigenvalue weighted by molar-refractivity contribution is 5.35. The average molecular weight is 221 g/mol. The third-order valence-corrected chi connectivity index (χ3v) is 2.98. The van der Waals surface area contributed by atoms with Gasteiger partial charge >= 0.3 is 0 Å². The molecule has 2 N–H and O–H groups in total. The smallest absolute Gasteiger partial charge is 0.290 e. The lowest BCUT2D eigenvalue weighted by atomic mass is 10.1. The molecule has 1 fully saturated rings. The quantitative estimate of drug-likeness (QED) is 0.618. The molecule has 5 nitrogen and oxygen atoms in total. The number of hydrogen-bond donors (Lipinski definition) is 1. The highest BCUT2D eigenvalue weighted by atomic mass is 16.6. The van der Waals surface area contributed by atoms with E-state index in [9.17, 15) is 10.1 Å². The molecule has 0 spiro atoms. The van der Waals surface area contributed by atoms with Gasteiger partial charge in [-0.05, 0) is 31.7 Å². The molecule has 1 atom stereocenters. The van der Waals surface area contributed by atoms with E-state index in [2.05, 4.69) is 4.98 Å². The standard InChI is InChI=1S/C11H15N3O2/c1-7-11(14(15)16)5-4-9(13-7)6-10(12)8-2-3-8/h4-5,8,10H,2-3,6,12H2,1H3. The number of hydrogen-bond acceptors (Lipinski definition) is 4. The Bertz CT molecular complexity index is 416. The molecular weight excluding hydrogens is 206 g/mol. The van der Waals surface area contributed by atoms with Crippen LogP contribution in [0.15, 0.2) is 12.1 Å². The van der Waals surface area contributed by atoms with Gasteiger partial charge in [-0.1, -0.05) is 0 Å². The van der Waals surface area contributed by atoms with Crippen LogP contribution < -0.4 is 5.73 Å². The van der Waals surface area contributed by atoms with E-state index in [-0.39, 0.29) is 11.7 Å². The number of aryl methyl sites for hydroxylation is 1. The van der Waals surface area contributed by atoms with Crippen molar-refractivity contribution in [2.24, 2.45) is 11.7 Å². The topological polar surface area (TPSA) is 82.0 Å². The molecule has 1 aliphatic carbocycles. The van der Waals surface area contributed by atoms with Gasteiger partial charge in [-0.15, -0.1) is 0 Å². The molecule has 5 heteroatoms. The van der Waals surface area contributed by atoms with Crippen molar-refractivity contribution in [3.8, 4) is 0 Å². The van der Waals surface area contributed by atoms with Gasteiger partial charge in [0.2, 0.25) is 0 Å². The molecule has 0 amide bonds. The maximum absolute atomic E-state index is 10.6. The van der Waals surface area contributed by atoms with Crippen LogP contribution in [0.25, 0.3) is 0 Å².